The molecule has 2 aliphatic carbocycles. The third kappa shape index (κ3) is 1.43. The van der Waals surface area contributed by atoms with E-state index in [9.17, 15) is 4.79 Å². The molecule has 1 heteroatoms. The van der Waals surface area contributed by atoms with Crippen molar-refractivity contribution in [3.8, 4) is 0 Å². The minimum atomic E-state index is 0.400. The lowest BCUT2D eigenvalue weighted by molar-refractivity contribution is -0.121. The maximum atomic E-state index is 11.6. The first kappa shape index (κ1) is 9.23. The second kappa shape index (κ2) is 3.11. The monoisotopic (exact) mass is 180 g/mol. The highest BCUT2D eigenvalue weighted by Crippen LogP contribution is 2.55. The van der Waals surface area contributed by atoms with Gasteiger partial charge in [-0.05, 0) is 30.6 Å². The van der Waals surface area contributed by atoms with Crippen molar-refractivity contribution in [1.82, 2.24) is 0 Å². The fraction of sp³-hybridized carbons (Fsp3) is 0.917. The molecule has 0 bridgehead atoms. The Morgan fingerprint density at radius 2 is 2.31 bits per heavy atom. The second-order valence-electron chi connectivity index (χ2n) is 5.27. The van der Waals surface area contributed by atoms with Crippen LogP contribution in [0, 0.1) is 17.3 Å². The normalized spacial score (nSPS) is 44.0. The number of fused-ring (bicyclic) bond motifs is 1. The zero-order valence-corrected chi connectivity index (χ0v) is 8.81. The van der Waals surface area contributed by atoms with Gasteiger partial charge < -0.3 is 0 Å². The van der Waals surface area contributed by atoms with Crippen molar-refractivity contribution in [2.75, 3.05) is 0 Å². The maximum absolute atomic E-state index is 11.6. The van der Waals surface area contributed by atoms with E-state index in [-0.39, 0.29) is 0 Å². The average molecular weight is 180 g/mol. The van der Waals surface area contributed by atoms with Crippen LogP contribution in [0.25, 0.3) is 0 Å². The number of hydrogen-bond acceptors (Lipinski definition) is 1. The molecule has 3 atom stereocenters. The number of Topliss-reactive ketones (excluding diaryl/α,β-unsaturated/α-hetero) is 1. The van der Waals surface area contributed by atoms with Gasteiger partial charge in [0.2, 0.25) is 0 Å². The van der Waals surface area contributed by atoms with Gasteiger partial charge in [-0.1, -0.05) is 26.7 Å². The van der Waals surface area contributed by atoms with Crippen LogP contribution in [0.4, 0.5) is 0 Å². The van der Waals surface area contributed by atoms with Crippen LogP contribution in [0.5, 0.6) is 0 Å². The van der Waals surface area contributed by atoms with E-state index in [4.69, 9.17) is 0 Å². The van der Waals surface area contributed by atoms with Crippen LogP contribution in [0.2, 0.25) is 0 Å². The number of carbonyl (C=O) groups excluding carboxylic acids is 1. The van der Waals surface area contributed by atoms with E-state index in [1.807, 2.05) is 0 Å². The first-order valence-corrected chi connectivity index (χ1v) is 5.68. The predicted molar refractivity (Wildman–Crippen MR) is 53.5 cm³/mol. The number of ketones is 1. The van der Waals surface area contributed by atoms with Crippen LogP contribution in [-0.2, 0) is 4.79 Å². The van der Waals surface area contributed by atoms with Crippen LogP contribution in [0.15, 0.2) is 0 Å². The zero-order valence-electron chi connectivity index (χ0n) is 8.81. The molecular formula is C12H20O. The van der Waals surface area contributed by atoms with Crippen molar-refractivity contribution in [3.63, 3.8) is 0 Å². The molecule has 0 spiro atoms. The molecule has 0 amide bonds. The van der Waals surface area contributed by atoms with E-state index in [2.05, 4.69) is 13.8 Å². The fourth-order valence-corrected chi connectivity index (χ4v) is 3.51. The van der Waals surface area contributed by atoms with Gasteiger partial charge in [-0.2, -0.15) is 0 Å². The van der Waals surface area contributed by atoms with Gasteiger partial charge in [0.1, 0.15) is 5.78 Å². The van der Waals surface area contributed by atoms with Gasteiger partial charge in [0.25, 0.3) is 0 Å². The Labute approximate surface area is 80.9 Å². The first-order valence-electron chi connectivity index (χ1n) is 5.68. The molecule has 0 aliphatic heterocycles. The van der Waals surface area contributed by atoms with Crippen LogP contribution in [0.1, 0.15) is 52.4 Å². The molecule has 2 unspecified atom stereocenters. The van der Waals surface area contributed by atoms with Crippen LogP contribution in [0.3, 0.4) is 0 Å². The standard InChI is InChI=1S/C12H20O/c1-3-4-9-7-10-11(13)5-6-12(10,2)8-9/h9-10H,3-8H2,1-2H3/t9?,10?,12-/m0/s1. The summed E-state index contributed by atoms with van der Waals surface area (Å²) in [5.41, 5.74) is 0.400. The summed E-state index contributed by atoms with van der Waals surface area (Å²) in [6.45, 7) is 4.58. The summed E-state index contributed by atoms with van der Waals surface area (Å²) in [7, 11) is 0. The number of rotatable bonds is 2. The van der Waals surface area contributed by atoms with E-state index in [0.29, 0.717) is 17.1 Å². The topological polar surface area (TPSA) is 17.1 Å². The van der Waals surface area contributed by atoms with Crippen LogP contribution in [-0.4, -0.2) is 5.78 Å². The molecule has 0 radical (unpaired) electrons. The fourth-order valence-electron chi connectivity index (χ4n) is 3.51. The molecule has 1 nitrogen and oxygen atoms in total. The number of hydrogen-bond donors (Lipinski definition) is 0. The lowest BCUT2D eigenvalue weighted by Gasteiger charge is -2.21. The van der Waals surface area contributed by atoms with Gasteiger partial charge in [0.05, 0.1) is 0 Å². The van der Waals surface area contributed by atoms with Gasteiger partial charge >= 0.3 is 0 Å². The lowest BCUT2D eigenvalue weighted by atomic mass is 9.82. The minimum absolute atomic E-state index is 0.400. The second-order valence-corrected chi connectivity index (χ2v) is 5.27. The van der Waals surface area contributed by atoms with Crippen molar-refractivity contribution in [3.05, 3.63) is 0 Å². The summed E-state index contributed by atoms with van der Waals surface area (Å²) in [6.07, 6.45) is 7.15. The molecule has 0 N–H and O–H groups in total. The molecule has 0 aromatic heterocycles. The van der Waals surface area contributed by atoms with E-state index in [1.165, 1.54) is 25.7 Å². The predicted octanol–water partition coefficient (Wildman–Crippen LogP) is 3.18. The molecule has 2 aliphatic rings. The van der Waals surface area contributed by atoms with Gasteiger partial charge in [-0.25, -0.2) is 0 Å². The highest BCUT2D eigenvalue weighted by molar-refractivity contribution is 5.84. The quantitative estimate of drug-likeness (QED) is 0.638. The minimum Gasteiger partial charge on any atom is -0.299 e. The highest BCUT2D eigenvalue weighted by Gasteiger charge is 2.50. The van der Waals surface area contributed by atoms with Crippen molar-refractivity contribution >= 4 is 5.78 Å². The molecule has 2 rings (SSSR count). The van der Waals surface area contributed by atoms with E-state index in [0.717, 1.165) is 18.8 Å². The zero-order chi connectivity index (χ0) is 9.47. The van der Waals surface area contributed by atoms with Gasteiger partial charge in [0, 0.05) is 12.3 Å². The molecular weight excluding hydrogens is 160 g/mol. The highest BCUT2D eigenvalue weighted by atomic mass is 16.1. The average Bonchev–Trinajstić information content (AvgIpc) is 2.51. The Kier molecular flexibility index (Phi) is 2.21. The van der Waals surface area contributed by atoms with E-state index < -0.39 is 0 Å². The summed E-state index contributed by atoms with van der Waals surface area (Å²) in [6, 6.07) is 0. The van der Waals surface area contributed by atoms with E-state index in [1.54, 1.807) is 0 Å². The summed E-state index contributed by atoms with van der Waals surface area (Å²) < 4.78 is 0. The van der Waals surface area contributed by atoms with Gasteiger partial charge in [0.15, 0.2) is 0 Å². The molecule has 0 saturated heterocycles. The van der Waals surface area contributed by atoms with Crippen molar-refractivity contribution in [2.24, 2.45) is 17.3 Å². The molecule has 0 aromatic rings. The Morgan fingerprint density at radius 3 is 2.92 bits per heavy atom. The van der Waals surface area contributed by atoms with E-state index >= 15 is 0 Å². The largest absolute Gasteiger partial charge is 0.299 e. The third-order valence-corrected chi connectivity index (χ3v) is 4.19. The SMILES string of the molecule is CCCC1CC2C(=O)CC[C@@]2(C)C1. The van der Waals surface area contributed by atoms with Crippen molar-refractivity contribution in [2.45, 2.75) is 52.4 Å². The molecule has 74 valence electrons. The van der Waals surface area contributed by atoms with Crippen LogP contribution < -0.4 is 0 Å². The summed E-state index contributed by atoms with van der Waals surface area (Å²) >= 11 is 0. The lowest BCUT2D eigenvalue weighted by Crippen LogP contribution is -2.18. The number of carbonyl (C=O) groups is 1. The smallest absolute Gasteiger partial charge is 0.136 e. The Morgan fingerprint density at radius 1 is 1.54 bits per heavy atom. The van der Waals surface area contributed by atoms with Crippen molar-refractivity contribution in [1.29, 1.82) is 0 Å². The molecule has 13 heavy (non-hydrogen) atoms. The summed E-state index contributed by atoms with van der Waals surface area (Å²) in [5, 5.41) is 0. The Bertz CT molecular complexity index is 221. The third-order valence-electron chi connectivity index (χ3n) is 4.19. The molecule has 0 aromatic carbocycles. The van der Waals surface area contributed by atoms with Gasteiger partial charge in [-0.15, -0.1) is 0 Å². The first-order chi connectivity index (χ1) is 6.15. The molecule has 2 fully saturated rings. The molecule has 0 heterocycles. The summed E-state index contributed by atoms with van der Waals surface area (Å²) in [4.78, 5) is 11.6. The van der Waals surface area contributed by atoms with Crippen molar-refractivity contribution < 1.29 is 4.79 Å². The Hall–Kier alpha value is -0.330. The molecule has 2 saturated carbocycles. The Balaban J connectivity index is 2.06. The summed E-state index contributed by atoms with van der Waals surface area (Å²) in [5.74, 6) is 1.84. The van der Waals surface area contributed by atoms with Gasteiger partial charge in [-0.3, -0.25) is 4.79 Å². The van der Waals surface area contributed by atoms with Crippen LogP contribution >= 0.6 is 0 Å². The maximum Gasteiger partial charge on any atom is 0.136 e.